The third-order valence-electron chi connectivity index (χ3n) is 5.98. The van der Waals surface area contributed by atoms with Gasteiger partial charge in [-0.1, -0.05) is 0 Å². The molecule has 0 bridgehead atoms. The Labute approximate surface area is 211 Å². The van der Waals surface area contributed by atoms with Crippen LogP contribution in [0, 0.1) is 0 Å². The number of nitrogens with zero attached hydrogens (tertiary/aromatic N) is 5. The number of nitrogens with one attached hydrogen (secondary N) is 1. The van der Waals surface area contributed by atoms with E-state index in [-0.39, 0.29) is 29.1 Å². The second-order valence-corrected chi connectivity index (χ2v) is 8.63. The minimum absolute atomic E-state index is 0.0527. The fourth-order valence-corrected chi connectivity index (χ4v) is 4.09. The van der Waals surface area contributed by atoms with Gasteiger partial charge in [0, 0.05) is 49.8 Å². The number of nitrogen functional groups attached to an aromatic ring is 1. The third-order valence-corrected chi connectivity index (χ3v) is 5.98. The van der Waals surface area contributed by atoms with Crippen LogP contribution in [0.25, 0.3) is 11.3 Å². The van der Waals surface area contributed by atoms with Crippen molar-refractivity contribution in [2.75, 3.05) is 55.5 Å². The van der Waals surface area contributed by atoms with E-state index in [4.69, 9.17) is 19.9 Å². The van der Waals surface area contributed by atoms with Crippen LogP contribution in [0.2, 0.25) is 0 Å². The Kier molecular flexibility index (Phi) is 7.24. The molecule has 2 aliphatic rings. The predicted octanol–water partition coefficient (Wildman–Crippen LogP) is 3.67. The van der Waals surface area contributed by atoms with Crippen molar-refractivity contribution in [2.45, 2.75) is 25.1 Å². The summed E-state index contributed by atoms with van der Waals surface area (Å²) >= 11 is 0. The largest absolute Gasteiger partial charge is 0.474 e. The molecule has 0 spiro atoms. The zero-order valence-corrected chi connectivity index (χ0v) is 19.9. The minimum atomic E-state index is -4.64. The molecule has 0 radical (unpaired) electrons. The Bertz CT molecular complexity index is 1220. The molecule has 10 nitrogen and oxygen atoms in total. The molecule has 37 heavy (non-hydrogen) atoms. The van der Waals surface area contributed by atoms with Crippen LogP contribution in [0.5, 0.6) is 5.88 Å². The molecule has 5 heterocycles. The number of aromatic nitrogens is 4. The number of morpholine rings is 1. The number of rotatable bonds is 6. The van der Waals surface area contributed by atoms with Gasteiger partial charge in [-0.05, 0) is 12.1 Å². The highest BCUT2D eigenvalue weighted by atomic mass is 19.4. The van der Waals surface area contributed by atoms with Crippen LogP contribution in [0.1, 0.15) is 18.4 Å². The summed E-state index contributed by atoms with van der Waals surface area (Å²) in [7, 11) is 0. The van der Waals surface area contributed by atoms with E-state index in [0.717, 1.165) is 25.1 Å². The lowest BCUT2D eigenvalue weighted by atomic mass is 10.1. The summed E-state index contributed by atoms with van der Waals surface area (Å²) in [5.41, 5.74) is 5.08. The van der Waals surface area contributed by atoms with Crippen LogP contribution in [0.3, 0.4) is 0 Å². The Morgan fingerprint density at radius 2 is 1.73 bits per heavy atom. The zero-order chi connectivity index (χ0) is 25.8. The van der Waals surface area contributed by atoms with Crippen LogP contribution in [0.4, 0.5) is 36.4 Å². The summed E-state index contributed by atoms with van der Waals surface area (Å²) in [6.07, 6.45) is -0.329. The van der Waals surface area contributed by atoms with Crippen molar-refractivity contribution < 1.29 is 27.4 Å². The fourth-order valence-electron chi connectivity index (χ4n) is 4.09. The first-order valence-corrected chi connectivity index (χ1v) is 11.9. The number of halogens is 3. The molecule has 3 N–H and O–H groups in total. The zero-order valence-electron chi connectivity index (χ0n) is 19.9. The maximum atomic E-state index is 13.8. The van der Waals surface area contributed by atoms with E-state index in [1.54, 1.807) is 18.3 Å². The molecule has 0 amide bonds. The molecular weight excluding hydrogens is 491 g/mol. The molecule has 2 saturated heterocycles. The lowest BCUT2D eigenvalue weighted by Gasteiger charge is -2.27. The number of pyridine rings is 2. The van der Waals surface area contributed by atoms with Crippen molar-refractivity contribution in [3.05, 3.63) is 42.2 Å². The van der Waals surface area contributed by atoms with E-state index in [2.05, 4.69) is 25.3 Å². The van der Waals surface area contributed by atoms with Crippen molar-refractivity contribution in [3.63, 3.8) is 0 Å². The Morgan fingerprint density at radius 3 is 2.43 bits per heavy atom. The Balaban J connectivity index is 1.45. The number of alkyl halides is 3. The second-order valence-electron chi connectivity index (χ2n) is 8.63. The summed E-state index contributed by atoms with van der Waals surface area (Å²) < 4.78 is 58.1. The fraction of sp³-hybridized carbons (Fsp3) is 0.417. The van der Waals surface area contributed by atoms with Crippen LogP contribution in [-0.4, -0.2) is 65.6 Å². The van der Waals surface area contributed by atoms with Crippen molar-refractivity contribution >= 4 is 23.3 Å². The van der Waals surface area contributed by atoms with Gasteiger partial charge in [0.15, 0.2) is 0 Å². The molecular formula is C24H26F3N7O3. The number of nitrogens with two attached hydrogens (primary N) is 1. The first-order valence-electron chi connectivity index (χ1n) is 11.9. The number of hydrogen-bond donors (Lipinski definition) is 2. The third kappa shape index (κ3) is 6.17. The molecule has 3 aromatic rings. The van der Waals surface area contributed by atoms with Gasteiger partial charge in [-0.25, -0.2) is 15.0 Å². The maximum Gasteiger partial charge on any atom is 0.417 e. The van der Waals surface area contributed by atoms with Gasteiger partial charge in [0.05, 0.1) is 49.6 Å². The van der Waals surface area contributed by atoms with Gasteiger partial charge in [-0.2, -0.15) is 18.2 Å². The van der Waals surface area contributed by atoms with Gasteiger partial charge in [0.2, 0.25) is 11.8 Å². The summed E-state index contributed by atoms with van der Waals surface area (Å²) in [6, 6.07) is 5.75. The Hall–Kier alpha value is -3.71. The quantitative estimate of drug-likeness (QED) is 0.501. The molecule has 0 aromatic carbocycles. The lowest BCUT2D eigenvalue weighted by molar-refractivity contribution is -0.137. The van der Waals surface area contributed by atoms with Gasteiger partial charge in [0.1, 0.15) is 17.7 Å². The van der Waals surface area contributed by atoms with E-state index in [9.17, 15) is 13.2 Å². The molecule has 5 rings (SSSR count). The van der Waals surface area contributed by atoms with Crippen molar-refractivity contribution in [2.24, 2.45) is 0 Å². The number of hydrogen-bond acceptors (Lipinski definition) is 10. The lowest BCUT2D eigenvalue weighted by Crippen LogP contribution is -2.37. The van der Waals surface area contributed by atoms with Gasteiger partial charge in [-0.3, -0.25) is 0 Å². The molecule has 0 saturated carbocycles. The summed E-state index contributed by atoms with van der Waals surface area (Å²) in [6.45, 7) is 3.26. The molecule has 2 fully saturated rings. The van der Waals surface area contributed by atoms with E-state index < -0.39 is 11.7 Å². The van der Waals surface area contributed by atoms with Crippen LogP contribution < -0.4 is 20.7 Å². The number of anilines is 4. The van der Waals surface area contributed by atoms with E-state index in [1.165, 1.54) is 6.07 Å². The van der Waals surface area contributed by atoms with Gasteiger partial charge in [-0.15, -0.1) is 0 Å². The van der Waals surface area contributed by atoms with Crippen molar-refractivity contribution in [1.29, 1.82) is 0 Å². The van der Waals surface area contributed by atoms with Crippen LogP contribution >= 0.6 is 0 Å². The topological polar surface area (TPSA) is 121 Å². The summed E-state index contributed by atoms with van der Waals surface area (Å²) in [5, 5.41) is 3.12. The van der Waals surface area contributed by atoms with E-state index in [0.29, 0.717) is 56.9 Å². The second kappa shape index (κ2) is 10.7. The molecule has 0 unspecified atom stereocenters. The molecule has 13 heteroatoms. The summed E-state index contributed by atoms with van der Waals surface area (Å²) in [5.74, 6) is 0.834. The van der Waals surface area contributed by atoms with Gasteiger partial charge in [0.25, 0.3) is 0 Å². The van der Waals surface area contributed by atoms with Crippen molar-refractivity contribution in [1.82, 2.24) is 19.9 Å². The normalized spacial score (nSPS) is 17.0. The van der Waals surface area contributed by atoms with Crippen LogP contribution in [-0.2, 0) is 15.7 Å². The molecule has 196 valence electrons. The predicted molar refractivity (Wildman–Crippen MR) is 130 cm³/mol. The molecule has 0 atom stereocenters. The summed E-state index contributed by atoms with van der Waals surface area (Å²) in [4.78, 5) is 19.1. The standard InChI is InChI=1S/C24H26F3N7O3/c25-24(26,27)18-11-20(28)29-14-17(18)19-12-21(33-23(32-19)34-5-9-36-10-6-34)31-15-1-2-22(30-13-15)37-16-3-7-35-8-4-16/h1-2,11-14,16H,3-10H2,(H2,28,29)(H,31,32,33). The van der Waals surface area contributed by atoms with Gasteiger partial charge < -0.3 is 30.2 Å². The van der Waals surface area contributed by atoms with Crippen molar-refractivity contribution in [3.8, 4) is 17.1 Å². The smallest absolute Gasteiger partial charge is 0.417 e. The highest BCUT2D eigenvalue weighted by Crippen LogP contribution is 2.38. The average molecular weight is 518 g/mol. The number of ether oxygens (including phenoxy) is 3. The highest BCUT2D eigenvalue weighted by molar-refractivity contribution is 5.71. The van der Waals surface area contributed by atoms with E-state index in [1.807, 2.05) is 4.90 Å². The molecule has 2 aliphatic heterocycles. The molecule has 0 aliphatic carbocycles. The van der Waals surface area contributed by atoms with E-state index >= 15 is 0 Å². The first-order chi connectivity index (χ1) is 17.8. The maximum absolute atomic E-state index is 13.8. The average Bonchev–Trinajstić information content (AvgIpc) is 2.90. The SMILES string of the molecule is Nc1cc(C(F)(F)F)c(-c2cc(Nc3ccc(OC4CCOCC4)nc3)nc(N3CCOCC3)n2)cn1. The minimum Gasteiger partial charge on any atom is -0.474 e. The monoisotopic (exact) mass is 517 g/mol. The van der Waals surface area contributed by atoms with Gasteiger partial charge >= 0.3 is 6.18 Å². The molecule has 3 aromatic heterocycles. The Morgan fingerprint density at radius 1 is 0.973 bits per heavy atom. The van der Waals surface area contributed by atoms with Crippen LogP contribution in [0.15, 0.2) is 36.7 Å². The highest BCUT2D eigenvalue weighted by Gasteiger charge is 2.35. The first kappa shape index (κ1) is 25.0.